The number of hydrogen-bond donors (Lipinski definition) is 5. The van der Waals surface area contributed by atoms with E-state index in [4.69, 9.17) is 20.0 Å². The van der Waals surface area contributed by atoms with Crippen molar-refractivity contribution >= 4 is 7.82 Å². The van der Waals surface area contributed by atoms with Gasteiger partial charge in [-0.2, -0.15) is 4.57 Å². The molecule has 0 aliphatic carbocycles. The molecule has 1 fully saturated rings. The van der Waals surface area contributed by atoms with E-state index in [1.165, 1.54) is 0 Å². The lowest BCUT2D eigenvalue weighted by molar-refractivity contribution is -0.285. The van der Waals surface area contributed by atoms with Crippen LogP contribution in [-0.4, -0.2) is 67.5 Å². The van der Waals surface area contributed by atoms with Gasteiger partial charge in [-0.1, -0.05) is 0 Å². The summed E-state index contributed by atoms with van der Waals surface area (Å²) in [7, 11) is -4.48. The standard InChI is InChI=1S/C6H13O9P/c7-3-2(1-14-16(11,12)13)15-6(10)5(9)4(3)8/h2-10H,1H2,(H2,11,12,13)/p+1/t2-,3-,4+,5-,6+/m1/s1. The average molecular weight is 261 g/mol. The second-order valence-corrected chi connectivity index (χ2v) is 4.65. The highest BCUT2D eigenvalue weighted by atomic mass is 31.2. The van der Waals surface area contributed by atoms with E-state index in [0.717, 1.165) is 0 Å². The van der Waals surface area contributed by atoms with Gasteiger partial charge in [0, 0.05) is 0 Å². The Morgan fingerprint density at radius 3 is 2.25 bits per heavy atom. The molecule has 1 saturated heterocycles. The van der Waals surface area contributed by atoms with Crippen LogP contribution in [0.1, 0.15) is 0 Å². The summed E-state index contributed by atoms with van der Waals surface area (Å²) in [6, 6.07) is 0. The van der Waals surface area contributed by atoms with Crippen molar-refractivity contribution in [1.82, 2.24) is 0 Å². The molecule has 6 atom stereocenters. The molecule has 1 unspecified atom stereocenters. The molecule has 1 rings (SSSR count). The van der Waals surface area contributed by atoms with E-state index in [-0.39, 0.29) is 0 Å². The van der Waals surface area contributed by atoms with Crippen LogP contribution in [0.15, 0.2) is 0 Å². The fourth-order valence-electron chi connectivity index (χ4n) is 1.24. The molecule has 0 spiro atoms. The molecule has 16 heavy (non-hydrogen) atoms. The van der Waals surface area contributed by atoms with E-state index in [1.54, 1.807) is 0 Å². The first kappa shape index (κ1) is 14.0. The Labute approximate surface area is 90.1 Å². The van der Waals surface area contributed by atoms with Gasteiger partial charge in [-0.3, -0.25) is 4.89 Å². The van der Waals surface area contributed by atoms with Gasteiger partial charge in [0.05, 0.1) is 6.61 Å². The van der Waals surface area contributed by atoms with Crippen molar-refractivity contribution in [2.45, 2.75) is 30.7 Å². The predicted octanol–water partition coefficient (Wildman–Crippen LogP) is -3.37. The Balaban J connectivity index is 2.57. The molecule has 0 radical (unpaired) electrons. The van der Waals surface area contributed by atoms with Gasteiger partial charge in [0.2, 0.25) is 0 Å². The van der Waals surface area contributed by atoms with Gasteiger partial charge in [-0.15, -0.1) is 0 Å². The third kappa shape index (κ3) is 3.45. The predicted molar refractivity (Wildman–Crippen MR) is 48.3 cm³/mol. The minimum atomic E-state index is -4.48. The fraction of sp³-hybridized carbons (Fsp3) is 1.00. The van der Waals surface area contributed by atoms with Crippen LogP contribution in [0, 0.1) is 0 Å². The van der Waals surface area contributed by atoms with Crippen LogP contribution in [0.4, 0.5) is 0 Å². The van der Waals surface area contributed by atoms with Crippen molar-refractivity contribution in [2.24, 2.45) is 0 Å². The number of aliphatic hydroxyl groups excluding tert-OH is 4. The molecule has 9 nitrogen and oxygen atoms in total. The normalized spacial score (nSPS) is 44.0. The maximum Gasteiger partial charge on any atom is 0.631 e. The largest absolute Gasteiger partial charge is 0.631 e. The van der Waals surface area contributed by atoms with Gasteiger partial charge in [-0.25, -0.2) is 4.52 Å². The van der Waals surface area contributed by atoms with Crippen molar-refractivity contribution in [2.75, 3.05) is 6.61 Å². The first-order chi connectivity index (χ1) is 7.22. The highest BCUT2D eigenvalue weighted by Gasteiger charge is 2.44. The van der Waals surface area contributed by atoms with Crippen LogP contribution in [0.2, 0.25) is 0 Å². The molecule has 7 N–H and O–H groups in total. The molecule has 1 aliphatic rings. The molecule has 0 aromatic carbocycles. The average Bonchev–Trinajstić information content (AvgIpc) is 2.17. The molecule has 0 aromatic heterocycles. The second kappa shape index (κ2) is 5.05. The van der Waals surface area contributed by atoms with Crippen molar-refractivity contribution in [3.05, 3.63) is 0 Å². The molecular formula is C6H14O9P+. The Bertz CT molecular complexity index is 277. The van der Waals surface area contributed by atoms with Crippen molar-refractivity contribution in [3.63, 3.8) is 0 Å². The van der Waals surface area contributed by atoms with E-state index >= 15 is 0 Å². The zero-order valence-corrected chi connectivity index (χ0v) is 8.90. The molecule has 0 saturated carbocycles. The van der Waals surface area contributed by atoms with Crippen LogP contribution in [-0.2, 0) is 13.8 Å². The first-order valence-electron chi connectivity index (χ1n) is 4.32. The van der Waals surface area contributed by atoms with Crippen LogP contribution in [0.5, 0.6) is 0 Å². The molecular weight excluding hydrogens is 247 g/mol. The van der Waals surface area contributed by atoms with E-state index in [2.05, 4.69) is 9.26 Å². The monoisotopic (exact) mass is 261 g/mol. The quantitative estimate of drug-likeness (QED) is 0.260. The van der Waals surface area contributed by atoms with E-state index < -0.39 is 45.1 Å². The maximum atomic E-state index is 10.5. The van der Waals surface area contributed by atoms with Gasteiger partial charge in [0.15, 0.2) is 6.29 Å². The highest BCUT2D eigenvalue weighted by molar-refractivity contribution is 7.46. The van der Waals surface area contributed by atoms with E-state index in [1.807, 2.05) is 0 Å². The number of aliphatic hydroxyl groups is 4. The minimum absolute atomic E-state index is 0.667. The lowest BCUT2D eigenvalue weighted by Gasteiger charge is -2.37. The van der Waals surface area contributed by atoms with E-state index in [9.17, 15) is 14.8 Å². The minimum Gasteiger partial charge on any atom is -0.387 e. The molecule has 96 valence electrons. The van der Waals surface area contributed by atoms with Gasteiger partial charge in [-0.05, 0) is 0 Å². The topological polar surface area (TPSA) is 160 Å². The Kier molecular flexibility index (Phi) is 4.41. The van der Waals surface area contributed by atoms with Crippen LogP contribution in [0.25, 0.3) is 0 Å². The maximum absolute atomic E-state index is 10.5. The van der Waals surface area contributed by atoms with Crippen LogP contribution >= 0.6 is 7.82 Å². The lowest BCUT2D eigenvalue weighted by Crippen LogP contribution is -2.58. The number of rotatable bonds is 3. The first-order valence-corrected chi connectivity index (χ1v) is 5.90. The van der Waals surface area contributed by atoms with Crippen molar-refractivity contribution < 1.29 is 44.0 Å². The lowest BCUT2D eigenvalue weighted by atomic mass is 10.00. The zero-order chi connectivity index (χ0) is 12.5. The Morgan fingerprint density at radius 1 is 1.19 bits per heavy atom. The third-order valence-corrected chi connectivity index (χ3v) is 2.60. The summed E-state index contributed by atoms with van der Waals surface area (Å²) in [5.41, 5.74) is 0. The summed E-state index contributed by atoms with van der Waals surface area (Å²) in [6.45, 7) is -0.667. The summed E-state index contributed by atoms with van der Waals surface area (Å²) in [4.78, 5) is 15.0. The SMILES string of the molecule is O=P(O)([OH2+])OC[C@H]1O[C@H](O)[C@H](O)[C@@H](O)[C@@H]1O. The zero-order valence-electron chi connectivity index (χ0n) is 8.00. The number of ether oxygens (including phenoxy) is 1. The van der Waals surface area contributed by atoms with Crippen molar-refractivity contribution in [3.8, 4) is 0 Å². The summed E-state index contributed by atoms with van der Waals surface area (Å²) in [6.07, 6.45) is -7.98. The highest BCUT2D eigenvalue weighted by Crippen LogP contribution is 2.36. The van der Waals surface area contributed by atoms with E-state index in [0.29, 0.717) is 0 Å². The van der Waals surface area contributed by atoms with Crippen molar-refractivity contribution in [1.29, 1.82) is 0 Å². The van der Waals surface area contributed by atoms with Gasteiger partial charge >= 0.3 is 7.82 Å². The molecule has 0 bridgehead atoms. The summed E-state index contributed by atoms with van der Waals surface area (Å²) >= 11 is 0. The summed E-state index contributed by atoms with van der Waals surface area (Å²) < 4.78 is 19.3. The molecule has 10 heteroatoms. The Morgan fingerprint density at radius 2 is 1.75 bits per heavy atom. The smallest absolute Gasteiger partial charge is 0.387 e. The third-order valence-electron chi connectivity index (χ3n) is 2.10. The van der Waals surface area contributed by atoms with Gasteiger partial charge < -0.3 is 30.1 Å². The van der Waals surface area contributed by atoms with Crippen LogP contribution < -0.4 is 0 Å². The van der Waals surface area contributed by atoms with Gasteiger partial charge in [0.1, 0.15) is 24.4 Å². The summed E-state index contributed by atoms with van der Waals surface area (Å²) in [5, 5.41) is 36.8. The number of hydrogen-bond acceptors (Lipinski definition) is 7. The molecule has 0 amide bonds. The summed E-state index contributed by atoms with van der Waals surface area (Å²) in [5.74, 6) is 0. The molecule has 1 heterocycles. The van der Waals surface area contributed by atoms with Crippen LogP contribution in [0.3, 0.4) is 0 Å². The van der Waals surface area contributed by atoms with Gasteiger partial charge in [0.25, 0.3) is 0 Å². The Hall–Kier alpha value is -0.0900. The molecule has 0 aromatic rings. The fourth-order valence-corrected chi connectivity index (χ4v) is 1.59. The second-order valence-electron chi connectivity index (χ2n) is 3.35. The molecule has 1 aliphatic heterocycles.